The van der Waals surface area contributed by atoms with Crippen molar-refractivity contribution in [2.24, 2.45) is 12.0 Å². The number of aryl methyl sites for hydroxylation is 1. The number of fused-ring (bicyclic) bond motifs is 1. The first-order chi connectivity index (χ1) is 19.7. The number of carbonyl (C=O) groups is 1. The predicted molar refractivity (Wildman–Crippen MR) is 163 cm³/mol. The van der Waals surface area contributed by atoms with Gasteiger partial charge in [0.1, 0.15) is 5.75 Å². The van der Waals surface area contributed by atoms with Crippen molar-refractivity contribution < 1.29 is 17.9 Å². The maximum absolute atomic E-state index is 12.9. The summed E-state index contributed by atoms with van der Waals surface area (Å²) in [6.45, 7) is 6.68. The molecule has 5 rings (SSSR count). The second-order valence-corrected chi connectivity index (χ2v) is 11.7. The number of hydrogen-bond acceptors (Lipinski definition) is 7. The highest BCUT2D eigenvalue weighted by atomic mass is 32.2. The summed E-state index contributed by atoms with van der Waals surface area (Å²) in [6.07, 6.45) is 2.90. The number of nitrogens with one attached hydrogen (secondary N) is 1. The van der Waals surface area contributed by atoms with E-state index in [1.165, 1.54) is 17.7 Å². The number of sulfonamides is 1. The van der Waals surface area contributed by atoms with E-state index in [-0.39, 0.29) is 17.4 Å². The molecule has 1 aromatic heterocycles. The highest BCUT2D eigenvalue weighted by molar-refractivity contribution is 7.92. The zero-order valence-electron chi connectivity index (χ0n) is 23.0. The Kier molecular flexibility index (Phi) is 8.16. The van der Waals surface area contributed by atoms with Gasteiger partial charge in [0.2, 0.25) is 0 Å². The summed E-state index contributed by atoms with van der Waals surface area (Å²) in [6, 6.07) is 19.2. The first-order valence-corrected chi connectivity index (χ1v) is 14.9. The number of amides is 1. The predicted octanol–water partition coefficient (Wildman–Crippen LogP) is 3.53. The molecule has 3 aromatic carbocycles. The Bertz CT molecular complexity index is 1640. The van der Waals surface area contributed by atoms with Crippen molar-refractivity contribution >= 4 is 50.6 Å². The summed E-state index contributed by atoms with van der Waals surface area (Å²) < 4.78 is 35.8. The molecule has 0 atom stereocenters. The third-order valence-corrected chi connectivity index (χ3v) is 8.65. The topological polar surface area (TPSA) is 122 Å². The normalized spacial score (nSPS) is 13.8. The largest absolute Gasteiger partial charge is 0.484 e. The summed E-state index contributed by atoms with van der Waals surface area (Å²) in [5.41, 5.74) is 9.86. The van der Waals surface area contributed by atoms with Crippen molar-refractivity contribution in [2.45, 2.75) is 11.3 Å². The van der Waals surface area contributed by atoms with Crippen LogP contribution in [0.4, 0.5) is 17.1 Å². The fourth-order valence-electron chi connectivity index (χ4n) is 4.99. The second-order valence-electron chi connectivity index (χ2n) is 10.0. The number of ether oxygens (including phenoxy) is 1. The second kappa shape index (κ2) is 11.9. The monoisotopic (exact) mass is 574 g/mol. The third kappa shape index (κ3) is 6.46. The number of benzene rings is 3. The Morgan fingerprint density at radius 1 is 1.02 bits per heavy atom. The van der Waals surface area contributed by atoms with Gasteiger partial charge in [0.05, 0.1) is 4.90 Å². The summed E-state index contributed by atoms with van der Waals surface area (Å²) >= 11 is 0. The van der Waals surface area contributed by atoms with Gasteiger partial charge in [-0.2, -0.15) is 0 Å². The molecule has 1 amide bonds. The molecule has 4 aromatic rings. The van der Waals surface area contributed by atoms with Gasteiger partial charge in [-0.1, -0.05) is 0 Å². The van der Waals surface area contributed by atoms with Crippen LogP contribution in [0, 0.1) is 0 Å². The summed E-state index contributed by atoms with van der Waals surface area (Å²) in [4.78, 5) is 21.0. The van der Waals surface area contributed by atoms with Gasteiger partial charge in [0.25, 0.3) is 15.9 Å². The standard InChI is InChI=1S/C30H34N6O4S/c1-32-14-13-22-20-34(2)29-12-9-26(19-28(22)29)40-21-30(37)36-17-15-35(16-18-36)25-7-5-24(6-8-25)33-41(38,39)27-10-3-23(31)4-11-27/h3-12,19-20,33H,1,13-18,21,31H2,2H3. The van der Waals surface area contributed by atoms with E-state index >= 15 is 0 Å². The minimum atomic E-state index is -3.71. The van der Waals surface area contributed by atoms with Crippen molar-refractivity contribution in [1.82, 2.24) is 9.47 Å². The van der Waals surface area contributed by atoms with Crippen LogP contribution >= 0.6 is 0 Å². The number of aliphatic imine (C=N–C) groups is 1. The first-order valence-electron chi connectivity index (χ1n) is 13.4. The summed E-state index contributed by atoms with van der Waals surface area (Å²) in [5.74, 6) is 0.608. The van der Waals surface area contributed by atoms with Gasteiger partial charge in [-0.25, -0.2) is 8.42 Å². The van der Waals surface area contributed by atoms with Crippen LogP contribution in [0.25, 0.3) is 10.9 Å². The summed E-state index contributed by atoms with van der Waals surface area (Å²) in [5, 5.41) is 1.10. The SMILES string of the molecule is C=NCCc1cn(C)c2ccc(OCC(=O)N3CCN(c4ccc(NS(=O)(=O)c5ccc(N)cc5)cc4)CC3)cc12. The van der Waals surface area contributed by atoms with Crippen LogP contribution in [-0.4, -0.2) is 69.8 Å². The first kappa shape index (κ1) is 28.0. The quantitative estimate of drug-likeness (QED) is 0.221. The number of anilines is 3. The van der Waals surface area contributed by atoms with Gasteiger partial charge < -0.3 is 29.8 Å². The zero-order valence-corrected chi connectivity index (χ0v) is 23.8. The van der Waals surface area contributed by atoms with E-state index in [2.05, 4.69) is 32.1 Å². The van der Waals surface area contributed by atoms with Crippen molar-refractivity contribution in [2.75, 3.05) is 54.7 Å². The van der Waals surface area contributed by atoms with Crippen LogP contribution in [0.1, 0.15) is 5.56 Å². The average molecular weight is 575 g/mol. The molecule has 10 nitrogen and oxygen atoms in total. The van der Waals surface area contributed by atoms with Gasteiger partial charge in [0, 0.05) is 73.9 Å². The maximum atomic E-state index is 12.9. The average Bonchev–Trinajstić information content (AvgIpc) is 3.29. The lowest BCUT2D eigenvalue weighted by molar-refractivity contribution is -0.133. The van der Waals surface area contributed by atoms with Gasteiger partial charge in [-0.3, -0.25) is 9.52 Å². The Morgan fingerprint density at radius 2 is 1.73 bits per heavy atom. The number of carbonyl (C=O) groups excluding carboxylic acids is 1. The molecular weight excluding hydrogens is 540 g/mol. The molecule has 0 saturated carbocycles. The van der Waals surface area contributed by atoms with Gasteiger partial charge in [0.15, 0.2) is 6.61 Å². The van der Waals surface area contributed by atoms with Crippen LogP contribution in [0.3, 0.4) is 0 Å². The number of aromatic nitrogens is 1. The Balaban J connectivity index is 1.13. The van der Waals surface area contributed by atoms with Crippen molar-refractivity contribution in [3.8, 4) is 5.75 Å². The molecule has 0 bridgehead atoms. The number of piperazine rings is 1. The highest BCUT2D eigenvalue weighted by Gasteiger charge is 2.22. The number of hydrogen-bond donors (Lipinski definition) is 2. The van der Waals surface area contributed by atoms with E-state index < -0.39 is 10.0 Å². The Labute approximate surface area is 240 Å². The fourth-order valence-corrected chi connectivity index (χ4v) is 6.05. The third-order valence-electron chi connectivity index (χ3n) is 7.25. The van der Waals surface area contributed by atoms with Crippen LogP contribution in [-0.2, 0) is 28.3 Å². The molecule has 0 radical (unpaired) electrons. The molecule has 41 heavy (non-hydrogen) atoms. The summed E-state index contributed by atoms with van der Waals surface area (Å²) in [7, 11) is -1.70. The molecule has 0 aliphatic carbocycles. The molecule has 2 heterocycles. The number of nitrogen functional groups attached to an aromatic ring is 1. The Morgan fingerprint density at radius 3 is 2.41 bits per heavy atom. The highest BCUT2D eigenvalue weighted by Crippen LogP contribution is 2.26. The van der Waals surface area contributed by atoms with Gasteiger partial charge in [-0.05, 0) is 85.4 Å². The molecule has 1 aliphatic heterocycles. The van der Waals surface area contributed by atoms with Crippen molar-refractivity contribution in [3.63, 3.8) is 0 Å². The lowest BCUT2D eigenvalue weighted by atomic mass is 10.1. The maximum Gasteiger partial charge on any atom is 0.261 e. The van der Waals surface area contributed by atoms with Crippen molar-refractivity contribution in [1.29, 1.82) is 0 Å². The molecule has 0 unspecified atom stereocenters. The van der Waals surface area contributed by atoms with Crippen LogP contribution in [0.15, 0.2) is 82.8 Å². The van der Waals surface area contributed by atoms with Gasteiger partial charge >= 0.3 is 0 Å². The van der Waals surface area contributed by atoms with Crippen LogP contribution in [0.2, 0.25) is 0 Å². The van der Waals surface area contributed by atoms with E-state index in [0.29, 0.717) is 49.8 Å². The Hall–Kier alpha value is -4.51. The number of rotatable bonds is 10. The zero-order chi connectivity index (χ0) is 29.0. The smallest absolute Gasteiger partial charge is 0.261 e. The minimum absolute atomic E-state index is 0.0231. The molecule has 11 heteroatoms. The van der Waals surface area contributed by atoms with Crippen molar-refractivity contribution in [3.05, 3.63) is 78.5 Å². The molecule has 214 valence electrons. The molecule has 1 fully saturated rings. The molecule has 0 spiro atoms. The van der Waals surface area contributed by atoms with Crippen LogP contribution in [0.5, 0.6) is 5.75 Å². The number of nitrogens with two attached hydrogens (primary N) is 1. The van der Waals surface area contributed by atoms with Gasteiger partial charge in [-0.15, -0.1) is 0 Å². The lowest BCUT2D eigenvalue weighted by Gasteiger charge is -2.36. The van der Waals surface area contributed by atoms with E-state index in [1.54, 1.807) is 24.3 Å². The molecule has 3 N–H and O–H groups in total. The molecule has 1 aliphatic rings. The lowest BCUT2D eigenvalue weighted by Crippen LogP contribution is -2.50. The fraction of sp³-hybridized carbons (Fsp3) is 0.267. The van der Waals surface area contributed by atoms with E-state index in [0.717, 1.165) is 23.0 Å². The molecule has 1 saturated heterocycles. The van der Waals surface area contributed by atoms with E-state index in [9.17, 15) is 13.2 Å². The van der Waals surface area contributed by atoms with E-state index in [1.807, 2.05) is 42.3 Å². The minimum Gasteiger partial charge on any atom is -0.484 e. The van der Waals surface area contributed by atoms with Crippen LogP contribution < -0.4 is 20.1 Å². The number of nitrogens with zero attached hydrogens (tertiary/aromatic N) is 4. The molecular formula is C30H34N6O4S. The van der Waals surface area contributed by atoms with E-state index in [4.69, 9.17) is 10.5 Å².